The fourth-order valence-electron chi connectivity index (χ4n) is 3.35. The second kappa shape index (κ2) is 7.06. The molecule has 0 amide bonds. The van der Waals surface area contributed by atoms with Gasteiger partial charge in [0.2, 0.25) is 0 Å². The van der Waals surface area contributed by atoms with Crippen molar-refractivity contribution in [2.45, 2.75) is 51.5 Å². The second-order valence-corrected chi connectivity index (χ2v) is 7.37. The molecule has 0 bridgehead atoms. The monoisotopic (exact) mass is 329 g/mol. The summed E-state index contributed by atoms with van der Waals surface area (Å²) >= 11 is 5.57. The number of halogens is 1. The molecule has 0 aromatic carbocycles. The van der Waals surface area contributed by atoms with Crippen LogP contribution in [0.5, 0.6) is 0 Å². The zero-order valence-corrected chi connectivity index (χ0v) is 13.8. The Kier molecular flexibility index (Phi) is 5.71. The minimum Gasteiger partial charge on any atom is -0.317 e. The standard InChI is InChI=1S/C15H24BrNS/c1-3-4-11-5-6-14(17-2)12(9-11)10-15-13(16)7-8-18-15/h7-8,11-12,14,17H,3-6,9-10H2,1-2H3. The Morgan fingerprint density at radius 2 is 2.28 bits per heavy atom. The van der Waals surface area contributed by atoms with E-state index in [1.165, 1.54) is 47.9 Å². The maximum atomic E-state index is 3.67. The lowest BCUT2D eigenvalue weighted by Gasteiger charge is -2.36. The van der Waals surface area contributed by atoms with E-state index in [0.717, 1.165) is 11.8 Å². The highest BCUT2D eigenvalue weighted by molar-refractivity contribution is 9.10. The molecule has 102 valence electrons. The maximum Gasteiger partial charge on any atom is 0.0314 e. The molecule has 3 unspecified atom stereocenters. The van der Waals surface area contributed by atoms with Crippen LogP contribution in [0.3, 0.4) is 0 Å². The van der Waals surface area contributed by atoms with Crippen molar-refractivity contribution in [1.29, 1.82) is 0 Å². The summed E-state index contributed by atoms with van der Waals surface area (Å²) in [5.41, 5.74) is 0. The van der Waals surface area contributed by atoms with Gasteiger partial charge in [0.05, 0.1) is 0 Å². The summed E-state index contributed by atoms with van der Waals surface area (Å²) < 4.78 is 1.31. The molecule has 1 heterocycles. The number of nitrogens with one attached hydrogen (secondary N) is 1. The van der Waals surface area contributed by atoms with Gasteiger partial charge in [-0.05, 0) is 71.9 Å². The molecule has 0 spiro atoms. The van der Waals surface area contributed by atoms with Crippen molar-refractivity contribution in [3.8, 4) is 0 Å². The van der Waals surface area contributed by atoms with Crippen molar-refractivity contribution < 1.29 is 0 Å². The van der Waals surface area contributed by atoms with Gasteiger partial charge in [-0.3, -0.25) is 0 Å². The molecular weight excluding hydrogens is 306 g/mol. The van der Waals surface area contributed by atoms with E-state index in [9.17, 15) is 0 Å². The lowest BCUT2D eigenvalue weighted by molar-refractivity contribution is 0.201. The highest BCUT2D eigenvalue weighted by Gasteiger charge is 2.29. The first-order valence-electron chi connectivity index (χ1n) is 7.13. The van der Waals surface area contributed by atoms with E-state index >= 15 is 0 Å². The van der Waals surface area contributed by atoms with Gasteiger partial charge >= 0.3 is 0 Å². The molecule has 1 aromatic heterocycles. The van der Waals surface area contributed by atoms with Crippen LogP contribution in [0.15, 0.2) is 15.9 Å². The van der Waals surface area contributed by atoms with Crippen molar-refractivity contribution in [3.05, 3.63) is 20.8 Å². The van der Waals surface area contributed by atoms with E-state index in [4.69, 9.17) is 0 Å². The lowest BCUT2D eigenvalue weighted by Crippen LogP contribution is -2.39. The van der Waals surface area contributed by atoms with E-state index in [-0.39, 0.29) is 0 Å². The summed E-state index contributed by atoms with van der Waals surface area (Å²) in [6, 6.07) is 2.90. The Hall–Kier alpha value is 0.140. The Morgan fingerprint density at radius 3 is 2.89 bits per heavy atom. The molecule has 1 saturated carbocycles. The van der Waals surface area contributed by atoms with E-state index < -0.39 is 0 Å². The summed E-state index contributed by atoms with van der Waals surface area (Å²) in [7, 11) is 2.13. The second-order valence-electron chi connectivity index (χ2n) is 5.52. The molecule has 1 aliphatic rings. The van der Waals surface area contributed by atoms with Gasteiger partial charge in [0.15, 0.2) is 0 Å². The van der Waals surface area contributed by atoms with Crippen LogP contribution in [0.1, 0.15) is 43.9 Å². The van der Waals surface area contributed by atoms with Gasteiger partial charge in [-0.25, -0.2) is 0 Å². The zero-order chi connectivity index (χ0) is 13.0. The van der Waals surface area contributed by atoms with Gasteiger partial charge in [-0.2, -0.15) is 0 Å². The molecule has 18 heavy (non-hydrogen) atoms. The molecule has 3 heteroatoms. The zero-order valence-electron chi connectivity index (χ0n) is 11.4. The van der Waals surface area contributed by atoms with Crippen LogP contribution in [-0.4, -0.2) is 13.1 Å². The summed E-state index contributed by atoms with van der Waals surface area (Å²) in [6.07, 6.45) is 8.17. The quantitative estimate of drug-likeness (QED) is 0.813. The van der Waals surface area contributed by atoms with Crippen molar-refractivity contribution in [2.24, 2.45) is 11.8 Å². The summed E-state index contributed by atoms with van der Waals surface area (Å²) in [5, 5.41) is 5.73. The van der Waals surface area contributed by atoms with E-state index in [1.807, 2.05) is 11.3 Å². The number of hydrogen-bond donors (Lipinski definition) is 1. The topological polar surface area (TPSA) is 12.0 Å². The van der Waals surface area contributed by atoms with Crippen LogP contribution < -0.4 is 5.32 Å². The third-order valence-corrected chi connectivity index (χ3v) is 6.25. The van der Waals surface area contributed by atoms with Crippen molar-refractivity contribution >= 4 is 27.3 Å². The Morgan fingerprint density at radius 1 is 1.44 bits per heavy atom. The number of thiophene rings is 1. The smallest absolute Gasteiger partial charge is 0.0314 e. The van der Waals surface area contributed by atoms with Crippen LogP contribution >= 0.6 is 27.3 Å². The normalized spacial score (nSPS) is 28.5. The van der Waals surface area contributed by atoms with Crippen molar-refractivity contribution in [3.63, 3.8) is 0 Å². The minimum absolute atomic E-state index is 0.715. The van der Waals surface area contributed by atoms with E-state index in [0.29, 0.717) is 6.04 Å². The fraction of sp³-hybridized carbons (Fsp3) is 0.733. The summed E-state index contributed by atoms with van der Waals surface area (Å²) in [6.45, 7) is 2.31. The van der Waals surface area contributed by atoms with Crippen LogP contribution in [0, 0.1) is 11.8 Å². The molecule has 2 rings (SSSR count). The van der Waals surface area contributed by atoms with Crippen molar-refractivity contribution in [1.82, 2.24) is 5.32 Å². The third-order valence-electron chi connectivity index (χ3n) is 4.30. The van der Waals surface area contributed by atoms with E-state index in [1.54, 1.807) is 0 Å². The highest BCUT2D eigenvalue weighted by Crippen LogP contribution is 2.36. The fourth-order valence-corrected chi connectivity index (χ4v) is 4.95. The van der Waals surface area contributed by atoms with Gasteiger partial charge < -0.3 is 5.32 Å². The molecule has 0 aliphatic heterocycles. The first kappa shape index (κ1) is 14.5. The molecule has 1 nitrogen and oxygen atoms in total. The molecule has 1 N–H and O–H groups in total. The lowest BCUT2D eigenvalue weighted by atomic mass is 9.75. The van der Waals surface area contributed by atoms with Gasteiger partial charge in [-0.15, -0.1) is 11.3 Å². The van der Waals surface area contributed by atoms with Gasteiger partial charge in [0.1, 0.15) is 0 Å². The third kappa shape index (κ3) is 3.58. The van der Waals surface area contributed by atoms with Crippen LogP contribution in [0.4, 0.5) is 0 Å². The maximum absolute atomic E-state index is 3.67. The van der Waals surface area contributed by atoms with Gasteiger partial charge in [0.25, 0.3) is 0 Å². The molecule has 0 saturated heterocycles. The van der Waals surface area contributed by atoms with Crippen LogP contribution in [0.2, 0.25) is 0 Å². The number of rotatable bonds is 5. The average Bonchev–Trinajstić information content (AvgIpc) is 2.76. The SMILES string of the molecule is CCCC1CCC(NC)C(Cc2sccc2Br)C1. The van der Waals surface area contributed by atoms with Crippen LogP contribution in [-0.2, 0) is 6.42 Å². The molecule has 1 aliphatic carbocycles. The highest BCUT2D eigenvalue weighted by atomic mass is 79.9. The predicted octanol–water partition coefficient (Wildman–Crippen LogP) is 4.86. The summed E-state index contributed by atoms with van der Waals surface area (Å²) in [4.78, 5) is 1.53. The molecule has 1 aromatic rings. The summed E-state index contributed by atoms with van der Waals surface area (Å²) in [5.74, 6) is 1.78. The van der Waals surface area contributed by atoms with E-state index in [2.05, 4.69) is 46.7 Å². The largest absolute Gasteiger partial charge is 0.317 e. The molecule has 1 fully saturated rings. The predicted molar refractivity (Wildman–Crippen MR) is 84.3 cm³/mol. The van der Waals surface area contributed by atoms with Gasteiger partial charge in [-0.1, -0.05) is 19.8 Å². The first-order valence-corrected chi connectivity index (χ1v) is 8.81. The Labute approximate surface area is 123 Å². The van der Waals surface area contributed by atoms with Crippen LogP contribution in [0.25, 0.3) is 0 Å². The Balaban J connectivity index is 2.00. The molecular formula is C15H24BrNS. The Bertz CT molecular complexity index is 363. The first-order chi connectivity index (χ1) is 8.74. The molecule has 3 atom stereocenters. The average molecular weight is 330 g/mol. The van der Waals surface area contributed by atoms with Gasteiger partial charge in [0, 0.05) is 15.4 Å². The number of hydrogen-bond acceptors (Lipinski definition) is 2. The van der Waals surface area contributed by atoms with Crippen molar-refractivity contribution in [2.75, 3.05) is 7.05 Å². The molecule has 0 radical (unpaired) electrons. The minimum atomic E-state index is 0.715.